The molecule has 31 heavy (non-hydrogen) atoms. The van der Waals surface area contributed by atoms with Crippen LogP contribution in [0.5, 0.6) is 0 Å². The van der Waals surface area contributed by atoms with Gasteiger partial charge in [0.15, 0.2) is 5.13 Å². The number of hydrogen-bond acceptors (Lipinski definition) is 5. The van der Waals surface area contributed by atoms with Gasteiger partial charge in [-0.3, -0.25) is 14.7 Å². The minimum atomic E-state index is 0.0896. The van der Waals surface area contributed by atoms with Crippen molar-refractivity contribution in [2.24, 2.45) is 0 Å². The maximum Gasteiger partial charge on any atom is 0.229 e. The Morgan fingerprint density at radius 2 is 1.81 bits per heavy atom. The first-order valence-electron chi connectivity index (χ1n) is 10.4. The van der Waals surface area contributed by atoms with Gasteiger partial charge in [-0.25, -0.2) is 4.98 Å². The van der Waals surface area contributed by atoms with Crippen LogP contribution in [0, 0.1) is 13.8 Å². The van der Waals surface area contributed by atoms with Gasteiger partial charge in [0.25, 0.3) is 0 Å². The second-order valence-electron chi connectivity index (χ2n) is 7.47. The number of anilines is 1. The fourth-order valence-electron chi connectivity index (χ4n) is 3.26. The van der Waals surface area contributed by atoms with Gasteiger partial charge in [-0.05, 0) is 73.5 Å². The van der Waals surface area contributed by atoms with Crippen molar-refractivity contribution in [2.75, 3.05) is 10.7 Å². The molecule has 0 fully saturated rings. The molecule has 0 N–H and O–H groups in total. The minimum Gasteiger partial charge on any atom is -0.282 e. The second kappa shape index (κ2) is 10.1. The summed E-state index contributed by atoms with van der Waals surface area (Å²) in [6, 6.07) is 20.4. The number of amides is 1. The van der Waals surface area contributed by atoms with Gasteiger partial charge in [-0.15, -0.1) is 11.8 Å². The van der Waals surface area contributed by atoms with E-state index in [1.807, 2.05) is 36.4 Å². The Labute approximate surface area is 191 Å². The minimum absolute atomic E-state index is 0.0896. The maximum absolute atomic E-state index is 13.2. The molecule has 0 spiro atoms. The molecule has 0 aliphatic heterocycles. The first-order valence-corrected chi connectivity index (χ1v) is 12.2. The van der Waals surface area contributed by atoms with E-state index in [2.05, 4.69) is 43.1 Å². The Bertz CT molecular complexity index is 1120. The Balaban J connectivity index is 1.50. The van der Waals surface area contributed by atoms with E-state index in [4.69, 9.17) is 4.98 Å². The molecule has 2 aromatic carbocycles. The Hall–Kier alpha value is -2.70. The highest BCUT2D eigenvalue weighted by Gasteiger charge is 2.20. The molecule has 0 saturated carbocycles. The summed E-state index contributed by atoms with van der Waals surface area (Å²) in [6.45, 7) is 4.63. The van der Waals surface area contributed by atoms with Gasteiger partial charge >= 0.3 is 0 Å². The van der Waals surface area contributed by atoms with Gasteiger partial charge in [0.1, 0.15) is 0 Å². The smallest absolute Gasteiger partial charge is 0.229 e. The predicted octanol–water partition coefficient (Wildman–Crippen LogP) is 6.41. The molecule has 0 saturated heterocycles. The number of fused-ring (bicyclic) bond motifs is 1. The number of thiazole rings is 1. The van der Waals surface area contributed by atoms with Crippen LogP contribution in [0.2, 0.25) is 0 Å². The van der Waals surface area contributed by atoms with E-state index >= 15 is 0 Å². The summed E-state index contributed by atoms with van der Waals surface area (Å²) in [4.78, 5) is 25.5. The van der Waals surface area contributed by atoms with Crippen molar-refractivity contribution in [1.82, 2.24) is 9.97 Å². The molecule has 2 aromatic heterocycles. The van der Waals surface area contributed by atoms with Gasteiger partial charge < -0.3 is 0 Å². The molecule has 1 amide bonds. The summed E-state index contributed by atoms with van der Waals surface area (Å²) < 4.78 is 1.11. The molecule has 0 bridgehead atoms. The standard InChI is InChI=1S/C25H25N3OS2/c1-18-15-22-23(16-19(18)2)31-25(27-22)28(17-20-9-6-7-13-26-20)24(29)12-8-14-30-21-10-4-3-5-11-21/h3-7,9-11,13,15-16H,8,12,14,17H2,1-2H3. The molecule has 6 heteroatoms. The summed E-state index contributed by atoms with van der Waals surface area (Å²) in [5.41, 5.74) is 4.26. The molecule has 0 unspecified atom stereocenters. The third-order valence-electron chi connectivity index (χ3n) is 5.12. The molecule has 0 aliphatic carbocycles. The topological polar surface area (TPSA) is 46.1 Å². The second-order valence-corrected chi connectivity index (χ2v) is 9.64. The third-order valence-corrected chi connectivity index (χ3v) is 7.26. The van der Waals surface area contributed by atoms with Crippen molar-refractivity contribution in [2.45, 2.75) is 38.1 Å². The summed E-state index contributed by atoms with van der Waals surface area (Å²) >= 11 is 3.36. The predicted molar refractivity (Wildman–Crippen MR) is 131 cm³/mol. The van der Waals surface area contributed by atoms with Crippen molar-refractivity contribution in [3.05, 3.63) is 83.7 Å². The first kappa shape index (κ1) is 21.5. The van der Waals surface area contributed by atoms with Gasteiger partial charge in [0.2, 0.25) is 5.91 Å². The molecular weight excluding hydrogens is 422 g/mol. The number of pyridine rings is 1. The van der Waals surface area contributed by atoms with Crippen LogP contribution in [0.25, 0.3) is 10.2 Å². The molecule has 4 rings (SSSR count). The van der Waals surface area contributed by atoms with E-state index < -0.39 is 0 Å². The fourth-order valence-corrected chi connectivity index (χ4v) is 5.20. The summed E-state index contributed by atoms with van der Waals surface area (Å²) in [5.74, 6) is 0.998. The average Bonchev–Trinajstić information content (AvgIpc) is 3.19. The maximum atomic E-state index is 13.2. The van der Waals surface area contributed by atoms with Crippen LogP contribution in [0.15, 0.2) is 71.8 Å². The van der Waals surface area contributed by atoms with Gasteiger partial charge in [0, 0.05) is 17.5 Å². The highest BCUT2D eigenvalue weighted by atomic mass is 32.2. The zero-order chi connectivity index (χ0) is 21.6. The van der Waals surface area contributed by atoms with Crippen LogP contribution in [-0.2, 0) is 11.3 Å². The van der Waals surface area contributed by atoms with Crippen molar-refractivity contribution >= 4 is 44.4 Å². The summed E-state index contributed by atoms with van der Waals surface area (Å²) in [6.07, 6.45) is 3.07. The Morgan fingerprint density at radius 1 is 1.03 bits per heavy atom. The summed E-state index contributed by atoms with van der Waals surface area (Å²) in [5, 5.41) is 0.742. The Morgan fingerprint density at radius 3 is 2.58 bits per heavy atom. The number of benzene rings is 2. The van der Waals surface area contributed by atoms with E-state index in [1.165, 1.54) is 16.0 Å². The number of hydrogen-bond donors (Lipinski definition) is 0. The van der Waals surface area contributed by atoms with Crippen molar-refractivity contribution in [3.8, 4) is 0 Å². The van der Waals surface area contributed by atoms with Gasteiger partial charge in [-0.1, -0.05) is 35.6 Å². The number of nitrogens with zero attached hydrogens (tertiary/aromatic N) is 3. The van der Waals surface area contributed by atoms with Crippen LogP contribution in [0.1, 0.15) is 29.7 Å². The van der Waals surface area contributed by atoms with E-state index in [1.54, 1.807) is 34.2 Å². The van der Waals surface area contributed by atoms with E-state index in [9.17, 15) is 4.79 Å². The third kappa shape index (κ3) is 5.51. The van der Waals surface area contributed by atoms with Crippen molar-refractivity contribution in [3.63, 3.8) is 0 Å². The first-order chi connectivity index (χ1) is 15.1. The SMILES string of the molecule is Cc1cc2nc(N(Cc3ccccn3)C(=O)CCCSc3ccccc3)sc2cc1C. The molecule has 0 aliphatic rings. The molecule has 158 valence electrons. The van der Waals surface area contributed by atoms with Crippen molar-refractivity contribution in [1.29, 1.82) is 0 Å². The lowest BCUT2D eigenvalue weighted by atomic mass is 10.1. The van der Waals surface area contributed by atoms with Gasteiger partial charge in [-0.2, -0.15) is 0 Å². The van der Waals surface area contributed by atoms with Crippen LogP contribution < -0.4 is 4.90 Å². The number of thioether (sulfide) groups is 1. The van der Waals surface area contributed by atoms with Crippen LogP contribution in [0.4, 0.5) is 5.13 Å². The largest absolute Gasteiger partial charge is 0.282 e. The fraction of sp³-hybridized carbons (Fsp3) is 0.240. The molecule has 4 aromatic rings. The number of rotatable bonds is 8. The monoisotopic (exact) mass is 447 g/mol. The van der Waals surface area contributed by atoms with Crippen LogP contribution in [0.3, 0.4) is 0 Å². The number of carbonyl (C=O) groups excluding carboxylic acids is 1. The molecule has 2 heterocycles. The number of aromatic nitrogens is 2. The molecule has 0 atom stereocenters. The lowest BCUT2D eigenvalue weighted by molar-refractivity contribution is -0.118. The quantitative estimate of drug-likeness (QED) is 0.231. The lowest BCUT2D eigenvalue weighted by Gasteiger charge is -2.19. The van der Waals surface area contributed by atoms with E-state index in [-0.39, 0.29) is 5.91 Å². The highest BCUT2D eigenvalue weighted by Crippen LogP contribution is 2.32. The zero-order valence-corrected chi connectivity index (χ0v) is 19.4. The average molecular weight is 448 g/mol. The number of carbonyl (C=O) groups is 1. The molecule has 4 nitrogen and oxygen atoms in total. The van der Waals surface area contributed by atoms with Crippen LogP contribution >= 0.6 is 23.1 Å². The van der Waals surface area contributed by atoms with E-state index in [0.29, 0.717) is 13.0 Å². The molecular formula is C25H25N3OS2. The van der Waals surface area contributed by atoms with E-state index in [0.717, 1.165) is 33.2 Å². The van der Waals surface area contributed by atoms with Crippen LogP contribution in [-0.4, -0.2) is 21.6 Å². The molecule has 0 radical (unpaired) electrons. The number of aryl methyl sites for hydroxylation is 2. The summed E-state index contributed by atoms with van der Waals surface area (Å²) in [7, 11) is 0. The lowest BCUT2D eigenvalue weighted by Crippen LogP contribution is -2.30. The van der Waals surface area contributed by atoms with Crippen molar-refractivity contribution < 1.29 is 4.79 Å². The highest BCUT2D eigenvalue weighted by molar-refractivity contribution is 7.99. The Kier molecular flexibility index (Phi) is 6.99. The normalized spacial score (nSPS) is 11.0. The zero-order valence-electron chi connectivity index (χ0n) is 17.7. The van der Waals surface area contributed by atoms with Gasteiger partial charge in [0.05, 0.1) is 22.5 Å².